The zero-order valence-corrected chi connectivity index (χ0v) is 12.6. The van der Waals surface area contributed by atoms with Crippen LogP contribution < -0.4 is 5.32 Å². The van der Waals surface area contributed by atoms with Gasteiger partial charge in [-0.25, -0.2) is 0 Å². The van der Waals surface area contributed by atoms with Crippen LogP contribution in [-0.4, -0.2) is 36.1 Å². The van der Waals surface area contributed by atoms with Crippen molar-refractivity contribution in [1.29, 1.82) is 0 Å². The standard InChI is InChI=1S/C17H28N2/c1-4-8-14(2)19-13-17(18-12-15(19)3)11-16-9-6-5-7-10-16/h5-7,9-10,14-15,17-18H,4,8,11-13H2,1-3H3. The van der Waals surface area contributed by atoms with Crippen molar-refractivity contribution in [2.45, 2.75) is 58.2 Å². The number of nitrogens with one attached hydrogen (secondary N) is 1. The molecule has 19 heavy (non-hydrogen) atoms. The Morgan fingerprint density at radius 1 is 1.32 bits per heavy atom. The van der Waals surface area contributed by atoms with Crippen LogP contribution in [0.3, 0.4) is 0 Å². The lowest BCUT2D eigenvalue weighted by Gasteiger charge is -2.42. The van der Waals surface area contributed by atoms with Crippen LogP contribution in [0, 0.1) is 0 Å². The lowest BCUT2D eigenvalue weighted by atomic mass is 9.99. The minimum atomic E-state index is 0.595. The van der Waals surface area contributed by atoms with Crippen LogP contribution in [0.25, 0.3) is 0 Å². The molecular formula is C17H28N2. The third-order valence-electron chi connectivity index (χ3n) is 4.30. The summed E-state index contributed by atoms with van der Waals surface area (Å²) in [5, 5.41) is 3.70. The van der Waals surface area contributed by atoms with Crippen molar-refractivity contribution >= 4 is 0 Å². The molecule has 2 nitrogen and oxygen atoms in total. The smallest absolute Gasteiger partial charge is 0.0236 e. The van der Waals surface area contributed by atoms with Crippen molar-refractivity contribution in [3.8, 4) is 0 Å². The monoisotopic (exact) mass is 260 g/mol. The maximum absolute atomic E-state index is 3.70. The Bertz CT molecular complexity index is 363. The van der Waals surface area contributed by atoms with Gasteiger partial charge in [-0.05, 0) is 32.3 Å². The van der Waals surface area contributed by atoms with Gasteiger partial charge in [0.05, 0.1) is 0 Å². The first-order valence-corrected chi connectivity index (χ1v) is 7.73. The van der Waals surface area contributed by atoms with E-state index in [2.05, 4.69) is 61.3 Å². The molecule has 2 rings (SSSR count). The van der Waals surface area contributed by atoms with E-state index in [4.69, 9.17) is 0 Å². The Balaban J connectivity index is 1.93. The average Bonchev–Trinajstić information content (AvgIpc) is 2.42. The Kier molecular flexibility index (Phi) is 5.41. The number of piperazine rings is 1. The molecule has 3 unspecified atom stereocenters. The van der Waals surface area contributed by atoms with Gasteiger partial charge in [-0.15, -0.1) is 0 Å². The Labute approximate surface area is 118 Å². The number of benzene rings is 1. The summed E-state index contributed by atoms with van der Waals surface area (Å²) in [5.41, 5.74) is 1.44. The summed E-state index contributed by atoms with van der Waals surface area (Å²) >= 11 is 0. The SMILES string of the molecule is CCCC(C)N1CC(Cc2ccccc2)NCC1C. The van der Waals surface area contributed by atoms with E-state index in [9.17, 15) is 0 Å². The van der Waals surface area contributed by atoms with Gasteiger partial charge in [0.2, 0.25) is 0 Å². The summed E-state index contributed by atoms with van der Waals surface area (Å²) in [6.07, 6.45) is 3.73. The zero-order chi connectivity index (χ0) is 13.7. The minimum absolute atomic E-state index is 0.595. The lowest BCUT2D eigenvalue weighted by molar-refractivity contribution is 0.0938. The third-order valence-corrected chi connectivity index (χ3v) is 4.30. The zero-order valence-electron chi connectivity index (χ0n) is 12.6. The van der Waals surface area contributed by atoms with Crippen LogP contribution in [0.5, 0.6) is 0 Å². The van der Waals surface area contributed by atoms with Gasteiger partial charge in [-0.3, -0.25) is 4.90 Å². The quantitative estimate of drug-likeness (QED) is 0.875. The van der Waals surface area contributed by atoms with Gasteiger partial charge in [-0.1, -0.05) is 43.7 Å². The van der Waals surface area contributed by atoms with Crippen molar-refractivity contribution in [2.24, 2.45) is 0 Å². The first kappa shape index (κ1) is 14.5. The molecule has 0 saturated carbocycles. The molecule has 1 aromatic rings. The molecule has 0 spiro atoms. The molecule has 106 valence electrons. The van der Waals surface area contributed by atoms with Gasteiger partial charge in [0.25, 0.3) is 0 Å². The van der Waals surface area contributed by atoms with E-state index in [1.165, 1.54) is 24.9 Å². The Morgan fingerprint density at radius 2 is 2.05 bits per heavy atom. The van der Waals surface area contributed by atoms with E-state index in [0.717, 1.165) is 13.0 Å². The van der Waals surface area contributed by atoms with Crippen molar-refractivity contribution in [1.82, 2.24) is 10.2 Å². The molecule has 1 aromatic carbocycles. The van der Waals surface area contributed by atoms with Gasteiger partial charge < -0.3 is 5.32 Å². The molecule has 0 aliphatic carbocycles. The number of nitrogens with zero attached hydrogens (tertiary/aromatic N) is 1. The highest BCUT2D eigenvalue weighted by atomic mass is 15.2. The number of rotatable bonds is 5. The Morgan fingerprint density at radius 3 is 2.74 bits per heavy atom. The molecule has 0 radical (unpaired) electrons. The molecule has 1 N–H and O–H groups in total. The highest BCUT2D eigenvalue weighted by Crippen LogP contribution is 2.16. The van der Waals surface area contributed by atoms with E-state index in [1.807, 2.05) is 0 Å². The van der Waals surface area contributed by atoms with E-state index in [-0.39, 0.29) is 0 Å². The van der Waals surface area contributed by atoms with E-state index < -0.39 is 0 Å². The molecule has 0 amide bonds. The highest BCUT2D eigenvalue weighted by Gasteiger charge is 2.27. The maximum Gasteiger partial charge on any atom is 0.0236 e. The van der Waals surface area contributed by atoms with Crippen molar-refractivity contribution < 1.29 is 0 Å². The Hall–Kier alpha value is -0.860. The van der Waals surface area contributed by atoms with Crippen molar-refractivity contribution in [3.63, 3.8) is 0 Å². The van der Waals surface area contributed by atoms with E-state index in [0.29, 0.717) is 18.1 Å². The molecule has 1 aliphatic heterocycles. The first-order chi connectivity index (χ1) is 9.20. The van der Waals surface area contributed by atoms with E-state index >= 15 is 0 Å². The van der Waals surface area contributed by atoms with Gasteiger partial charge in [0, 0.05) is 31.2 Å². The van der Waals surface area contributed by atoms with Crippen LogP contribution in [0.2, 0.25) is 0 Å². The molecular weight excluding hydrogens is 232 g/mol. The second-order valence-corrected chi connectivity index (χ2v) is 5.98. The van der Waals surface area contributed by atoms with Crippen LogP contribution in [-0.2, 0) is 6.42 Å². The van der Waals surface area contributed by atoms with Gasteiger partial charge in [0.15, 0.2) is 0 Å². The third kappa shape index (κ3) is 4.05. The summed E-state index contributed by atoms with van der Waals surface area (Å²) < 4.78 is 0. The molecule has 1 fully saturated rings. The van der Waals surface area contributed by atoms with Crippen LogP contribution in [0.15, 0.2) is 30.3 Å². The average molecular weight is 260 g/mol. The topological polar surface area (TPSA) is 15.3 Å². The predicted molar refractivity (Wildman–Crippen MR) is 82.5 cm³/mol. The van der Waals surface area contributed by atoms with Crippen LogP contribution >= 0.6 is 0 Å². The first-order valence-electron chi connectivity index (χ1n) is 7.73. The fraction of sp³-hybridized carbons (Fsp3) is 0.647. The second-order valence-electron chi connectivity index (χ2n) is 5.98. The number of hydrogen-bond acceptors (Lipinski definition) is 2. The fourth-order valence-corrected chi connectivity index (χ4v) is 3.19. The predicted octanol–water partition coefficient (Wildman–Crippen LogP) is 3.08. The van der Waals surface area contributed by atoms with Crippen LogP contribution in [0.4, 0.5) is 0 Å². The summed E-state index contributed by atoms with van der Waals surface area (Å²) in [6.45, 7) is 9.30. The minimum Gasteiger partial charge on any atom is -0.311 e. The van der Waals surface area contributed by atoms with Crippen molar-refractivity contribution in [2.75, 3.05) is 13.1 Å². The summed E-state index contributed by atoms with van der Waals surface area (Å²) in [4.78, 5) is 2.69. The lowest BCUT2D eigenvalue weighted by Crippen LogP contribution is -2.58. The highest BCUT2D eigenvalue weighted by molar-refractivity contribution is 5.16. The van der Waals surface area contributed by atoms with Crippen molar-refractivity contribution in [3.05, 3.63) is 35.9 Å². The summed E-state index contributed by atoms with van der Waals surface area (Å²) in [5.74, 6) is 0. The van der Waals surface area contributed by atoms with Crippen LogP contribution in [0.1, 0.15) is 39.2 Å². The fourth-order valence-electron chi connectivity index (χ4n) is 3.19. The molecule has 1 saturated heterocycles. The largest absolute Gasteiger partial charge is 0.311 e. The molecule has 3 atom stereocenters. The second kappa shape index (κ2) is 7.06. The normalized spacial score (nSPS) is 26.3. The molecule has 1 aliphatic rings. The van der Waals surface area contributed by atoms with Gasteiger partial charge in [-0.2, -0.15) is 0 Å². The molecule has 1 heterocycles. The van der Waals surface area contributed by atoms with Gasteiger partial charge in [0.1, 0.15) is 0 Å². The molecule has 0 bridgehead atoms. The summed E-state index contributed by atoms with van der Waals surface area (Å²) in [7, 11) is 0. The molecule has 0 aromatic heterocycles. The number of hydrogen-bond donors (Lipinski definition) is 1. The maximum atomic E-state index is 3.70. The van der Waals surface area contributed by atoms with E-state index in [1.54, 1.807) is 0 Å². The molecule has 2 heteroatoms. The summed E-state index contributed by atoms with van der Waals surface area (Å²) in [6, 6.07) is 12.8. The van der Waals surface area contributed by atoms with Gasteiger partial charge >= 0.3 is 0 Å².